The lowest BCUT2D eigenvalue weighted by Gasteiger charge is -2.16. The summed E-state index contributed by atoms with van der Waals surface area (Å²) < 4.78 is 10.4. The van der Waals surface area contributed by atoms with Crippen molar-refractivity contribution in [1.29, 1.82) is 0 Å². The zero-order valence-electron chi connectivity index (χ0n) is 12.8. The molecule has 1 unspecified atom stereocenters. The molecule has 1 saturated heterocycles. The van der Waals surface area contributed by atoms with Gasteiger partial charge in [0.2, 0.25) is 0 Å². The van der Waals surface area contributed by atoms with Crippen LogP contribution in [0.2, 0.25) is 5.02 Å². The van der Waals surface area contributed by atoms with Crippen LogP contribution in [0.25, 0.3) is 0 Å². The molecule has 6 heteroatoms. The third-order valence-corrected chi connectivity index (χ3v) is 3.66. The van der Waals surface area contributed by atoms with Gasteiger partial charge in [0.25, 0.3) is 0 Å². The molecule has 1 aliphatic heterocycles. The Hall–Kier alpha value is -1.75. The van der Waals surface area contributed by atoms with Crippen molar-refractivity contribution in [3.05, 3.63) is 34.9 Å². The largest absolute Gasteiger partial charge is 0.463 e. The first-order valence-electron chi connectivity index (χ1n) is 7.32. The average Bonchev–Trinajstić information content (AvgIpc) is 2.95. The van der Waals surface area contributed by atoms with Gasteiger partial charge in [0.1, 0.15) is 6.61 Å². The Morgan fingerprint density at radius 3 is 2.64 bits per heavy atom. The van der Waals surface area contributed by atoms with Crippen LogP contribution in [-0.2, 0) is 20.9 Å². The topological polar surface area (TPSA) is 55.8 Å². The minimum Gasteiger partial charge on any atom is -0.463 e. The van der Waals surface area contributed by atoms with Crippen molar-refractivity contribution in [3.8, 4) is 0 Å². The molecule has 0 aliphatic carbocycles. The van der Waals surface area contributed by atoms with Gasteiger partial charge in [-0.25, -0.2) is 4.79 Å². The highest BCUT2D eigenvalue weighted by Crippen LogP contribution is 2.19. The van der Waals surface area contributed by atoms with Crippen molar-refractivity contribution in [3.63, 3.8) is 0 Å². The van der Waals surface area contributed by atoms with Crippen molar-refractivity contribution in [1.82, 2.24) is 4.90 Å². The summed E-state index contributed by atoms with van der Waals surface area (Å²) in [6.45, 7) is 4.67. The predicted octanol–water partition coefficient (Wildman–Crippen LogP) is 3.25. The third kappa shape index (κ3) is 4.63. The molecule has 0 spiro atoms. The van der Waals surface area contributed by atoms with Gasteiger partial charge < -0.3 is 14.4 Å². The van der Waals surface area contributed by atoms with Gasteiger partial charge in [-0.2, -0.15) is 0 Å². The first-order valence-corrected chi connectivity index (χ1v) is 7.70. The van der Waals surface area contributed by atoms with Gasteiger partial charge in [-0.05, 0) is 38.0 Å². The molecule has 2 rings (SSSR count). The van der Waals surface area contributed by atoms with Gasteiger partial charge >= 0.3 is 12.1 Å². The standard InChI is InChI=1S/C16H20ClNO4/c1-11(2)22-15(19)13-7-8-18(9-13)16(20)21-10-12-3-5-14(17)6-4-12/h3-6,11,13H,7-10H2,1-2H3. The quantitative estimate of drug-likeness (QED) is 0.797. The Labute approximate surface area is 135 Å². The number of halogens is 1. The van der Waals surface area contributed by atoms with Gasteiger partial charge in [0.05, 0.1) is 12.0 Å². The lowest BCUT2D eigenvalue weighted by Crippen LogP contribution is -2.31. The summed E-state index contributed by atoms with van der Waals surface area (Å²) in [7, 11) is 0. The number of amides is 1. The average molecular weight is 326 g/mol. The van der Waals surface area contributed by atoms with Gasteiger partial charge in [-0.15, -0.1) is 0 Å². The molecular weight excluding hydrogens is 306 g/mol. The van der Waals surface area contributed by atoms with Crippen LogP contribution < -0.4 is 0 Å². The lowest BCUT2D eigenvalue weighted by molar-refractivity contribution is -0.151. The molecule has 1 aliphatic rings. The number of carbonyl (C=O) groups excluding carboxylic acids is 2. The second kappa shape index (κ2) is 7.49. The maximum atomic E-state index is 12.0. The summed E-state index contributed by atoms with van der Waals surface area (Å²) in [4.78, 5) is 25.4. The molecule has 1 fully saturated rings. The molecule has 22 heavy (non-hydrogen) atoms. The SMILES string of the molecule is CC(C)OC(=O)C1CCN(C(=O)OCc2ccc(Cl)cc2)C1. The van der Waals surface area contributed by atoms with Crippen LogP contribution in [0.1, 0.15) is 25.8 Å². The van der Waals surface area contributed by atoms with E-state index in [1.54, 1.807) is 17.0 Å². The van der Waals surface area contributed by atoms with Crippen molar-refractivity contribution < 1.29 is 19.1 Å². The minimum absolute atomic E-state index is 0.140. The molecule has 1 aromatic carbocycles. The summed E-state index contributed by atoms with van der Waals surface area (Å²) >= 11 is 5.80. The van der Waals surface area contributed by atoms with Crippen LogP contribution >= 0.6 is 11.6 Å². The number of likely N-dealkylation sites (tertiary alicyclic amines) is 1. The molecular formula is C16H20ClNO4. The molecule has 0 saturated carbocycles. The van der Waals surface area contributed by atoms with Crippen LogP contribution in [0.5, 0.6) is 0 Å². The van der Waals surface area contributed by atoms with Gasteiger partial charge in [0.15, 0.2) is 0 Å². The maximum absolute atomic E-state index is 12.0. The van der Waals surface area contributed by atoms with Crippen molar-refractivity contribution in [2.75, 3.05) is 13.1 Å². The van der Waals surface area contributed by atoms with Gasteiger partial charge in [-0.3, -0.25) is 4.79 Å². The predicted molar refractivity (Wildman–Crippen MR) is 82.5 cm³/mol. The summed E-state index contributed by atoms with van der Waals surface area (Å²) in [5.74, 6) is -0.506. The minimum atomic E-state index is -0.408. The highest BCUT2D eigenvalue weighted by atomic mass is 35.5. The first kappa shape index (κ1) is 16.6. The fourth-order valence-corrected chi connectivity index (χ4v) is 2.39. The summed E-state index contributed by atoms with van der Waals surface area (Å²) in [6.07, 6.45) is 0.0647. The Morgan fingerprint density at radius 2 is 2.00 bits per heavy atom. The molecule has 0 N–H and O–H groups in total. The van der Waals surface area contributed by atoms with E-state index in [1.807, 2.05) is 26.0 Å². The van der Waals surface area contributed by atoms with E-state index in [4.69, 9.17) is 21.1 Å². The van der Waals surface area contributed by atoms with E-state index in [2.05, 4.69) is 0 Å². The van der Waals surface area contributed by atoms with Crippen molar-refractivity contribution >= 4 is 23.7 Å². The fraction of sp³-hybridized carbons (Fsp3) is 0.500. The Bertz CT molecular complexity index is 529. The molecule has 0 aromatic heterocycles. The number of nitrogens with zero attached hydrogens (tertiary/aromatic N) is 1. The monoisotopic (exact) mass is 325 g/mol. The third-order valence-electron chi connectivity index (χ3n) is 3.41. The maximum Gasteiger partial charge on any atom is 0.410 e. The van der Waals surface area contributed by atoms with E-state index in [9.17, 15) is 9.59 Å². The smallest absolute Gasteiger partial charge is 0.410 e. The molecule has 1 amide bonds. The zero-order chi connectivity index (χ0) is 16.1. The second-order valence-corrected chi connectivity index (χ2v) is 6.03. The van der Waals surface area contributed by atoms with Crippen LogP contribution in [0.4, 0.5) is 4.79 Å². The van der Waals surface area contributed by atoms with Crippen molar-refractivity contribution in [2.45, 2.75) is 33.0 Å². The number of hydrogen-bond acceptors (Lipinski definition) is 4. The van der Waals surface area contributed by atoms with E-state index in [0.29, 0.717) is 24.5 Å². The van der Waals surface area contributed by atoms with Crippen LogP contribution in [-0.4, -0.2) is 36.2 Å². The normalized spacial score (nSPS) is 17.6. The number of benzene rings is 1. The Morgan fingerprint density at radius 1 is 1.32 bits per heavy atom. The summed E-state index contributed by atoms with van der Waals surface area (Å²) in [5, 5.41) is 0.640. The second-order valence-electron chi connectivity index (χ2n) is 5.60. The fourth-order valence-electron chi connectivity index (χ4n) is 2.26. The van der Waals surface area contributed by atoms with E-state index < -0.39 is 6.09 Å². The number of hydrogen-bond donors (Lipinski definition) is 0. The number of esters is 1. The summed E-state index contributed by atoms with van der Waals surface area (Å²) in [6, 6.07) is 7.11. The number of carbonyl (C=O) groups is 2. The zero-order valence-corrected chi connectivity index (χ0v) is 13.5. The molecule has 5 nitrogen and oxygen atoms in total. The Kier molecular flexibility index (Phi) is 5.66. The van der Waals surface area contributed by atoms with Crippen LogP contribution in [0.3, 0.4) is 0 Å². The van der Waals surface area contributed by atoms with Crippen LogP contribution in [0, 0.1) is 5.92 Å². The van der Waals surface area contributed by atoms with Gasteiger partial charge in [0, 0.05) is 18.1 Å². The lowest BCUT2D eigenvalue weighted by atomic mass is 10.1. The summed E-state index contributed by atoms with van der Waals surface area (Å²) in [5.41, 5.74) is 0.868. The van der Waals surface area contributed by atoms with Crippen molar-refractivity contribution in [2.24, 2.45) is 5.92 Å². The highest BCUT2D eigenvalue weighted by molar-refractivity contribution is 6.30. The number of ether oxygens (including phenoxy) is 2. The highest BCUT2D eigenvalue weighted by Gasteiger charge is 2.33. The van der Waals surface area contributed by atoms with E-state index in [1.165, 1.54) is 0 Å². The molecule has 1 aromatic rings. The van der Waals surface area contributed by atoms with Gasteiger partial charge in [-0.1, -0.05) is 23.7 Å². The van der Waals surface area contributed by atoms with E-state index in [-0.39, 0.29) is 24.6 Å². The van der Waals surface area contributed by atoms with E-state index in [0.717, 1.165) is 5.56 Å². The molecule has 1 atom stereocenters. The molecule has 1 heterocycles. The Balaban J connectivity index is 1.79. The molecule has 0 radical (unpaired) electrons. The van der Waals surface area contributed by atoms with E-state index >= 15 is 0 Å². The molecule has 0 bridgehead atoms. The molecule has 120 valence electrons. The van der Waals surface area contributed by atoms with Crippen LogP contribution in [0.15, 0.2) is 24.3 Å². The first-order chi connectivity index (χ1) is 10.5. The number of rotatable bonds is 4.